The second-order valence-corrected chi connectivity index (χ2v) is 9.34. The topological polar surface area (TPSA) is 23.6 Å². The van der Waals surface area contributed by atoms with Crippen LogP contribution in [0.2, 0.25) is 0 Å². The number of amides is 1. The summed E-state index contributed by atoms with van der Waals surface area (Å²) < 4.78 is 42.0. The molecule has 0 radical (unpaired) electrons. The van der Waals surface area contributed by atoms with E-state index in [1.807, 2.05) is 4.90 Å². The number of aryl methyl sites for hydroxylation is 1. The lowest BCUT2D eigenvalue weighted by Gasteiger charge is -2.48. The van der Waals surface area contributed by atoms with Crippen LogP contribution < -0.4 is 0 Å². The molecule has 0 aliphatic carbocycles. The minimum Gasteiger partial charge on any atom is -0.343 e. The molecule has 1 fully saturated rings. The third-order valence-corrected chi connectivity index (χ3v) is 7.45. The highest BCUT2D eigenvalue weighted by Crippen LogP contribution is 2.43. The van der Waals surface area contributed by atoms with Crippen molar-refractivity contribution in [2.45, 2.75) is 43.8 Å². The van der Waals surface area contributed by atoms with E-state index in [4.69, 9.17) is 0 Å². The van der Waals surface area contributed by atoms with E-state index in [-0.39, 0.29) is 29.7 Å². The van der Waals surface area contributed by atoms with E-state index in [1.54, 1.807) is 18.0 Å². The molecule has 1 spiro atoms. The second kappa shape index (κ2) is 8.87. The number of hydrogen-bond acceptors (Lipinski definition) is 3. The third kappa shape index (κ3) is 4.62. The van der Waals surface area contributed by atoms with Crippen LogP contribution in [0.15, 0.2) is 48.5 Å². The van der Waals surface area contributed by atoms with Crippen molar-refractivity contribution in [3.63, 3.8) is 0 Å². The van der Waals surface area contributed by atoms with Crippen LogP contribution in [0.25, 0.3) is 0 Å². The molecule has 166 valence electrons. The van der Waals surface area contributed by atoms with Gasteiger partial charge in [-0.3, -0.25) is 4.79 Å². The van der Waals surface area contributed by atoms with E-state index in [0.29, 0.717) is 13.1 Å². The molecule has 1 saturated heterocycles. The Morgan fingerprint density at radius 3 is 2.45 bits per heavy atom. The Balaban J connectivity index is 1.41. The molecule has 3 nitrogen and oxygen atoms in total. The van der Waals surface area contributed by atoms with Gasteiger partial charge in [-0.1, -0.05) is 54.4 Å². The third-order valence-electron chi connectivity index (χ3n) is 6.68. The van der Waals surface area contributed by atoms with Gasteiger partial charge >= 0.3 is 6.18 Å². The van der Waals surface area contributed by atoms with Crippen molar-refractivity contribution in [2.24, 2.45) is 0 Å². The lowest BCUT2D eigenvalue weighted by molar-refractivity contribution is -0.139. The van der Waals surface area contributed by atoms with Crippen molar-refractivity contribution < 1.29 is 18.0 Å². The van der Waals surface area contributed by atoms with Crippen LogP contribution in [0, 0.1) is 0 Å². The molecule has 31 heavy (non-hydrogen) atoms. The van der Waals surface area contributed by atoms with Crippen molar-refractivity contribution in [2.75, 3.05) is 25.9 Å². The van der Waals surface area contributed by atoms with E-state index in [2.05, 4.69) is 34.8 Å². The SMILES string of the molecule is CSN1Cc2ccccc2C2(CCN(C(=O)CCc3ccccc3C(F)(F)F)CC2)C1. The summed E-state index contributed by atoms with van der Waals surface area (Å²) in [6.45, 7) is 3.19. The van der Waals surface area contributed by atoms with Crippen molar-refractivity contribution >= 4 is 17.9 Å². The number of likely N-dealkylation sites (tertiary alicyclic amines) is 1. The number of carbonyl (C=O) groups is 1. The predicted octanol–water partition coefficient (Wildman–Crippen LogP) is 5.29. The quantitative estimate of drug-likeness (QED) is 0.594. The highest BCUT2D eigenvalue weighted by molar-refractivity contribution is 7.96. The fraction of sp³-hybridized carbons (Fsp3) is 0.458. The smallest absolute Gasteiger partial charge is 0.343 e. The molecule has 0 unspecified atom stereocenters. The normalized spacial score (nSPS) is 18.8. The van der Waals surface area contributed by atoms with Gasteiger partial charge < -0.3 is 4.90 Å². The highest BCUT2D eigenvalue weighted by atomic mass is 32.2. The summed E-state index contributed by atoms with van der Waals surface area (Å²) in [5.74, 6) is -0.0577. The summed E-state index contributed by atoms with van der Waals surface area (Å²) in [5.41, 5.74) is 2.33. The van der Waals surface area contributed by atoms with Gasteiger partial charge in [0.05, 0.1) is 5.56 Å². The van der Waals surface area contributed by atoms with Crippen molar-refractivity contribution in [1.29, 1.82) is 0 Å². The predicted molar refractivity (Wildman–Crippen MR) is 118 cm³/mol. The number of fused-ring (bicyclic) bond motifs is 2. The van der Waals surface area contributed by atoms with Gasteiger partial charge in [0.2, 0.25) is 5.91 Å². The molecule has 2 aromatic carbocycles. The summed E-state index contributed by atoms with van der Waals surface area (Å²) in [7, 11) is 0. The van der Waals surface area contributed by atoms with Gasteiger partial charge in [-0.05, 0) is 48.3 Å². The summed E-state index contributed by atoms with van der Waals surface area (Å²) in [5, 5.41) is 0. The molecule has 2 aromatic rings. The molecule has 7 heteroatoms. The maximum Gasteiger partial charge on any atom is 0.416 e. The zero-order valence-corrected chi connectivity index (χ0v) is 18.4. The molecule has 0 aromatic heterocycles. The minimum atomic E-state index is -4.39. The van der Waals surface area contributed by atoms with Crippen LogP contribution in [-0.2, 0) is 29.4 Å². The standard InChI is InChI=1S/C24H27F3N2OS/c1-31-29-16-19-7-3-4-8-20(19)23(17-29)12-14-28(15-13-23)22(30)11-10-18-6-2-5-9-21(18)24(25,26)27/h2-9H,10-17H2,1H3. The highest BCUT2D eigenvalue weighted by Gasteiger charge is 2.42. The van der Waals surface area contributed by atoms with Crippen LogP contribution in [0.4, 0.5) is 13.2 Å². The zero-order valence-electron chi connectivity index (χ0n) is 17.6. The number of halogens is 3. The largest absolute Gasteiger partial charge is 0.416 e. The van der Waals surface area contributed by atoms with Gasteiger partial charge in [0.15, 0.2) is 0 Å². The van der Waals surface area contributed by atoms with Crippen molar-refractivity contribution in [1.82, 2.24) is 9.21 Å². The van der Waals surface area contributed by atoms with Gasteiger partial charge in [0, 0.05) is 38.0 Å². The molecule has 2 heterocycles. The summed E-state index contributed by atoms with van der Waals surface area (Å²) >= 11 is 1.75. The monoisotopic (exact) mass is 448 g/mol. The first-order valence-electron chi connectivity index (χ1n) is 10.6. The van der Waals surface area contributed by atoms with Crippen molar-refractivity contribution in [3.8, 4) is 0 Å². The molecule has 2 aliphatic heterocycles. The average molecular weight is 449 g/mol. The van der Waals surface area contributed by atoms with Gasteiger partial charge in [0.1, 0.15) is 0 Å². The van der Waals surface area contributed by atoms with Gasteiger partial charge in [0.25, 0.3) is 0 Å². The van der Waals surface area contributed by atoms with Crippen LogP contribution in [-0.4, -0.2) is 41.0 Å². The number of benzene rings is 2. The molecular formula is C24H27F3N2OS. The summed E-state index contributed by atoms with van der Waals surface area (Å²) in [6.07, 6.45) is -0.321. The second-order valence-electron chi connectivity index (χ2n) is 8.45. The fourth-order valence-corrected chi connectivity index (χ4v) is 5.64. The Morgan fingerprint density at radius 2 is 1.74 bits per heavy atom. The lowest BCUT2D eigenvalue weighted by Crippen LogP contribution is -2.51. The van der Waals surface area contributed by atoms with Gasteiger partial charge in [-0.15, -0.1) is 0 Å². The molecule has 1 amide bonds. The molecule has 0 atom stereocenters. The Morgan fingerprint density at radius 1 is 1.06 bits per heavy atom. The minimum absolute atomic E-state index is 0.0392. The van der Waals surface area contributed by atoms with Crippen LogP contribution >= 0.6 is 11.9 Å². The molecule has 0 N–H and O–H groups in total. The Labute approximate surface area is 185 Å². The first-order valence-corrected chi connectivity index (χ1v) is 11.8. The number of piperidine rings is 1. The molecule has 4 rings (SSSR count). The number of hydrogen-bond donors (Lipinski definition) is 0. The molecule has 0 saturated carbocycles. The molecular weight excluding hydrogens is 421 g/mol. The van der Waals surface area contributed by atoms with E-state index in [1.165, 1.54) is 23.3 Å². The Hall–Kier alpha value is -1.99. The molecule has 0 bridgehead atoms. The summed E-state index contributed by atoms with van der Waals surface area (Å²) in [4.78, 5) is 14.6. The zero-order chi connectivity index (χ0) is 22.1. The number of alkyl halides is 3. The average Bonchev–Trinajstić information content (AvgIpc) is 2.77. The van der Waals surface area contributed by atoms with E-state index < -0.39 is 11.7 Å². The Kier molecular flexibility index (Phi) is 6.35. The number of rotatable bonds is 4. The van der Waals surface area contributed by atoms with Crippen molar-refractivity contribution in [3.05, 3.63) is 70.8 Å². The number of nitrogens with zero attached hydrogens (tertiary/aromatic N) is 2. The molecule has 2 aliphatic rings. The van der Waals surface area contributed by atoms with E-state index >= 15 is 0 Å². The summed E-state index contributed by atoms with van der Waals surface area (Å²) in [6, 6.07) is 14.1. The van der Waals surface area contributed by atoms with E-state index in [0.717, 1.165) is 32.0 Å². The first kappa shape index (κ1) is 22.2. The lowest BCUT2D eigenvalue weighted by atomic mass is 9.69. The van der Waals surface area contributed by atoms with E-state index in [9.17, 15) is 18.0 Å². The maximum atomic E-state index is 13.2. The maximum absolute atomic E-state index is 13.2. The van der Waals surface area contributed by atoms with Crippen LogP contribution in [0.3, 0.4) is 0 Å². The van der Waals surface area contributed by atoms with Crippen LogP contribution in [0.1, 0.15) is 41.5 Å². The van der Waals surface area contributed by atoms with Gasteiger partial charge in [-0.2, -0.15) is 13.2 Å². The fourth-order valence-electron chi connectivity index (χ4n) is 5.00. The Bertz CT molecular complexity index is 938. The first-order chi connectivity index (χ1) is 14.8. The number of carbonyl (C=O) groups excluding carboxylic acids is 1. The van der Waals surface area contributed by atoms with Crippen LogP contribution in [0.5, 0.6) is 0 Å². The van der Waals surface area contributed by atoms with Gasteiger partial charge in [-0.25, -0.2) is 4.31 Å².